The molecule has 0 atom stereocenters. The molecule has 1 amide bonds. The van der Waals surface area contributed by atoms with E-state index in [1.54, 1.807) is 12.1 Å². The number of nitriles is 1. The fourth-order valence-electron chi connectivity index (χ4n) is 1.74. The second-order valence-electron chi connectivity index (χ2n) is 3.96. The van der Waals surface area contributed by atoms with Crippen LogP contribution in [0.15, 0.2) is 47.4 Å². The van der Waals surface area contributed by atoms with Gasteiger partial charge in [0, 0.05) is 4.90 Å². The summed E-state index contributed by atoms with van der Waals surface area (Å²) in [6, 6.07) is 12.7. The van der Waals surface area contributed by atoms with Crippen molar-refractivity contribution >= 4 is 23.4 Å². The lowest BCUT2D eigenvalue weighted by molar-refractivity contribution is 0.102. The largest absolute Gasteiger partial charge is 0.321 e. The first-order chi connectivity index (χ1) is 9.65. The average Bonchev–Trinajstić information content (AvgIpc) is 2.48. The van der Waals surface area contributed by atoms with Crippen LogP contribution < -0.4 is 5.32 Å². The highest BCUT2D eigenvalue weighted by molar-refractivity contribution is 7.98. The van der Waals surface area contributed by atoms with Crippen molar-refractivity contribution in [2.75, 3.05) is 11.6 Å². The molecule has 0 unspecified atom stereocenters. The maximum atomic E-state index is 13.0. The number of hydrogen-bond acceptors (Lipinski definition) is 3. The van der Waals surface area contributed by atoms with Crippen molar-refractivity contribution in [2.24, 2.45) is 0 Å². The molecule has 0 aliphatic rings. The van der Waals surface area contributed by atoms with Crippen molar-refractivity contribution in [3.05, 3.63) is 59.4 Å². The molecule has 0 saturated carbocycles. The zero-order chi connectivity index (χ0) is 14.5. The highest BCUT2D eigenvalue weighted by atomic mass is 32.2. The van der Waals surface area contributed by atoms with Crippen LogP contribution in [-0.2, 0) is 0 Å². The van der Waals surface area contributed by atoms with E-state index in [2.05, 4.69) is 5.32 Å². The van der Waals surface area contributed by atoms with Gasteiger partial charge in [0.05, 0.1) is 16.8 Å². The van der Waals surface area contributed by atoms with E-state index in [0.717, 1.165) is 11.0 Å². The Bertz CT molecular complexity index is 695. The van der Waals surface area contributed by atoms with Crippen LogP contribution in [0.4, 0.5) is 10.1 Å². The van der Waals surface area contributed by atoms with E-state index < -0.39 is 5.82 Å². The summed E-state index contributed by atoms with van der Waals surface area (Å²) in [7, 11) is 0. The molecular weight excluding hydrogens is 275 g/mol. The Kier molecular flexibility index (Phi) is 4.38. The molecule has 0 heterocycles. The number of benzene rings is 2. The topological polar surface area (TPSA) is 52.9 Å². The summed E-state index contributed by atoms with van der Waals surface area (Å²) >= 11 is 1.46. The van der Waals surface area contributed by atoms with Crippen LogP contribution in [0.1, 0.15) is 15.9 Å². The minimum atomic E-state index is -0.510. The molecule has 0 aromatic heterocycles. The molecule has 0 radical (unpaired) electrons. The molecule has 0 spiro atoms. The third-order valence-corrected chi connectivity index (χ3v) is 3.50. The summed E-state index contributed by atoms with van der Waals surface area (Å²) in [6.45, 7) is 0. The molecule has 3 nitrogen and oxygen atoms in total. The predicted octanol–water partition coefficient (Wildman–Crippen LogP) is 3.67. The fourth-order valence-corrected chi connectivity index (χ4v) is 2.34. The molecule has 20 heavy (non-hydrogen) atoms. The minimum absolute atomic E-state index is 0.0972. The fraction of sp³-hybridized carbons (Fsp3) is 0.0667. The summed E-state index contributed by atoms with van der Waals surface area (Å²) in [5.41, 5.74) is 0.919. The predicted molar refractivity (Wildman–Crippen MR) is 77.3 cm³/mol. The van der Waals surface area contributed by atoms with E-state index in [4.69, 9.17) is 5.26 Å². The number of thioether (sulfide) groups is 1. The van der Waals surface area contributed by atoms with E-state index in [1.165, 1.54) is 23.9 Å². The second kappa shape index (κ2) is 6.22. The van der Waals surface area contributed by atoms with E-state index in [1.807, 2.05) is 24.5 Å². The van der Waals surface area contributed by atoms with Gasteiger partial charge in [-0.2, -0.15) is 5.26 Å². The molecule has 5 heteroatoms. The van der Waals surface area contributed by atoms with Crippen molar-refractivity contribution in [1.82, 2.24) is 0 Å². The smallest absolute Gasteiger partial charge is 0.256 e. The Morgan fingerprint density at radius 3 is 2.75 bits per heavy atom. The average molecular weight is 286 g/mol. The van der Waals surface area contributed by atoms with Crippen molar-refractivity contribution in [1.29, 1.82) is 5.26 Å². The molecular formula is C15H11FN2OS. The highest BCUT2D eigenvalue weighted by Gasteiger charge is 2.12. The van der Waals surface area contributed by atoms with Gasteiger partial charge in [0.1, 0.15) is 11.9 Å². The lowest BCUT2D eigenvalue weighted by Gasteiger charge is -2.09. The summed E-state index contributed by atoms with van der Waals surface area (Å²) in [4.78, 5) is 13.1. The number of halogens is 1. The van der Waals surface area contributed by atoms with Gasteiger partial charge in [0.15, 0.2) is 0 Å². The van der Waals surface area contributed by atoms with Crippen LogP contribution >= 0.6 is 11.8 Å². The van der Waals surface area contributed by atoms with Crippen LogP contribution in [0.5, 0.6) is 0 Å². The van der Waals surface area contributed by atoms with Crippen LogP contribution in [0.3, 0.4) is 0 Å². The van der Waals surface area contributed by atoms with Gasteiger partial charge in [-0.05, 0) is 36.6 Å². The zero-order valence-electron chi connectivity index (χ0n) is 10.7. The van der Waals surface area contributed by atoms with Gasteiger partial charge in [0.2, 0.25) is 0 Å². The summed E-state index contributed by atoms with van der Waals surface area (Å²) in [6.07, 6.45) is 1.88. The molecule has 100 valence electrons. The molecule has 0 aliphatic carbocycles. The number of amides is 1. The number of anilines is 1. The number of nitrogens with zero attached hydrogens (tertiary/aromatic N) is 1. The quantitative estimate of drug-likeness (QED) is 0.876. The van der Waals surface area contributed by atoms with Crippen LogP contribution in [0.25, 0.3) is 0 Å². The van der Waals surface area contributed by atoms with Crippen molar-refractivity contribution in [3.8, 4) is 6.07 Å². The van der Waals surface area contributed by atoms with Crippen LogP contribution in [0.2, 0.25) is 0 Å². The van der Waals surface area contributed by atoms with E-state index >= 15 is 0 Å². The first-order valence-corrected chi connectivity index (χ1v) is 7.02. The molecule has 2 aromatic carbocycles. The lowest BCUT2D eigenvalue weighted by Crippen LogP contribution is -2.14. The standard InChI is InChI=1S/C15H11FN2OS/c1-20-14-5-3-2-4-12(14)15(19)18-13-7-6-11(16)8-10(13)9-17/h2-8H,1H3,(H,18,19). The Balaban J connectivity index is 2.31. The van der Waals surface area contributed by atoms with Gasteiger partial charge in [-0.15, -0.1) is 11.8 Å². The van der Waals surface area contributed by atoms with E-state index in [-0.39, 0.29) is 11.5 Å². The van der Waals surface area contributed by atoms with Crippen molar-refractivity contribution in [3.63, 3.8) is 0 Å². The first kappa shape index (κ1) is 14.1. The molecule has 0 fully saturated rings. The van der Waals surface area contributed by atoms with Crippen molar-refractivity contribution in [2.45, 2.75) is 4.90 Å². The third kappa shape index (κ3) is 2.98. The second-order valence-corrected chi connectivity index (χ2v) is 4.80. The number of nitrogens with one attached hydrogen (secondary N) is 1. The minimum Gasteiger partial charge on any atom is -0.321 e. The Morgan fingerprint density at radius 1 is 1.30 bits per heavy atom. The number of carbonyl (C=O) groups is 1. The Labute approximate surface area is 120 Å². The van der Waals surface area contributed by atoms with E-state index in [9.17, 15) is 9.18 Å². The Morgan fingerprint density at radius 2 is 2.05 bits per heavy atom. The van der Waals surface area contributed by atoms with Crippen LogP contribution in [-0.4, -0.2) is 12.2 Å². The monoisotopic (exact) mass is 286 g/mol. The number of carbonyl (C=O) groups excluding carboxylic acids is 1. The van der Waals surface area contributed by atoms with Gasteiger partial charge in [-0.25, -0.2) is 4.39 Å². The molecule has 2 aromatic rings. The third-order valence-electron chi connectivity index (χ3n) is 2.70. The zero-order valence-corrected chi connectivity index (χ0v) is 11.5. The van der Waals surface area contributed by atoms with Gasteiger partial charge >= 0.3 is 0 Å². The van der Waals surface area contributed by atoms with Crippen LogP contribution in [0, 0.1) is 17.1 Å². The highest BCUT2D eigenvalue weighted by Crippen LogP contribution is 2.22. The first-order valence-electron chi connectivity index (χ1n) is 5.79. The maximum absolute atomic E-state index is 13.0. The summed E-state index contributed by atoms with van der Waals surface area (Å²) in [5.74, 6) is -0.831. The van der Waals surface area contributed by atoms with Gasteiger partial charge in [-0.3, -0.25) is 4.79 Å². The van der Waals surface area contributed by atoms with Crippen molar-refractivity contribution < 1.29 is 9.18 Å². The number of rotatable bonds is 3. The summed E-state index contributed by atoms with van der Waals surface area (Å²) < 4.78 is 13.0. The molecule has 1 N–H and O–H groups in total. The normalized spacial score (nSPS) is 9.85. The van der Waals surface area contributed by atoms with E-state index in [0.29, 0.717) is 11.3 Å². The SMILES string of the molecule is CSc1ccccc1C(=O)Nc1ccc(F)cc1C#N. The van der Waals surface area contributed by atoms with Gasteiger partial charge in [-0.1, -0.05) is 12.1 Å². The molecule has 0 bridgehead atoms. The molecule has 2 rings (SSSR count). The van der Waals surface area contributed by atoms with Gasteiger partial charge in [0.25, 0.3) is 5.91 Å². The lowest BCUT2D eigenvalue weighted by atomic mass is 10.1. The maximum Gasteiger partial charge on any atom is 0.256 e. The Hall–Kier alpha value is -2.32. The molecule has 0 saturated heterocycles. The summed E-state index contributed by atoms with van der Waals surface area (Å²) in [5, 5.41) is 11.6. The molecule has 0 aliphatic heterocycles. The van der Waals surface area contributed by atoms with Gasteiger partial charge < -0.3 is 5.32 Å². The number of hydrogen-bond donors (Lipinski definition) is 1.